The van der Waals surface area contributed by atoms with Gasteiger partial charge in [0.15, 0.2) is 0 Å². The van der Waals surface area contributed by atoms with Crippen molar-refractivity contribution in [2.24, 2.45) is 0 Å². The van der Waals surface area contributed by atoms with Gasteiger partial charge in [0.25, 0.3) is 15.9 Å². The summed E-state index contributed by atoms with van der Waals surface area (Å²) in [6.07, 6.45) is 1.91. The highest BCUT2D eigenvalue weighted by molar-refractivity contribution is 7.98. The van der Waals surface area contributed by atoms with Gasteiger partial charge in [0.2, 0.25) is 0 Å². The Morgan fingerprint density at radius 2 is 1.80 bits per heavy atom. The van der Waals surface area contributed by atoms with Crippen LogP contribution >= 0.6 is 23.4 Å². The fourth-order valence-electron chi connectivity index (χ4n) is 2.68. The summed E-state index contributed by atoms with van der Waals surface area (Å²) in [5, 5.41) is 3.10. The number of hydrogen-bond donors (Lipinski definition) is 2. The molecular weight excluding hydrogens is 444 g/mol. The summed E-state index contributed by atoms with van der Waals surface area (Å²) in [5.41, 5.74) is 1.01. The van der Waals surface area contributed by atoms with E-state index in [1.807, 2.05) is 12.3 Å². The first-order valence-corrected chi connectivity index (χ1v) is 11.8. The van der Waals surface area contributed by atoms with Crippen LogP contribution in [0.2, 0.25) is 5.02 Å². The standard InChI is InChI=1S/C21H19ClN2O4S2/c1-28-20-10-9-18(30(26,27)24-16-7-4-8-17(12-16)29-2)13-19(20)23-21(25)14-5-3-6-15(22)11-14/h3-13,24H,1-2H3,(H,23,25). The summed E-state index contributed by atoms with van der Waals surface area (Å²) in [7, 11) is -2.44. The summed E-state index contributed by atoms with van der Waals surface area (Å²) in [6.45, 7) is 0. The third kappa shape index (κ3) is 5.27. The molecule has 0 aliphatic carbocycles. The van der Waals surface area contributed by atoms with Gasteiger partial charge in [-0.3, -0.25) is 9.52 Å². The van der Waals surface area contributed by atoms with Crippen LogP contribution in [-0.2, 0) is 10.0 Å². The van der Waals surface area contributed by atoms with E-state index in [1.54, 1.807) is 36.4 Å². The van der Waals surface area contributed by atoms with E-state index < -0.39 is 15.9 Å². The minimum atomic E-state index is -3.88. The zero-order chi connectivity index (χ0) is 21.7. The van der Waals surface area contributed by atoms with Crippen LogP contribution in [0.1, 0.15) is 10.4 Å². The highest BCUT2D eigenvalue weighted by Gasteiger charge is 2.18. The molecule has 3 rings (SSSR count). The van der Waals surface area contributed by atoms with Crippen molar-refractivity contribution < 1.29 is 17.9 Å². The number of halogens is 1. The predicted octanol–water partition coefficient (Wildman–Crippen LogP) is 5.12. The number of ether oxygens (including phenoxy) is 1. The number of rotatable bonds is 7. The fraction of sp³-hybridized carbons (Fsp3) is 0.0952. The molecule has 9 heteroatoms. The van der Waals surface area contributed by atoms with Crippen LogP contribution in [0.15, 0.2) is 76.5 Å². The Labute approximate surface area is 184 Å². The third-order valence-corrected chi connectivity index (χ3v) is 6.48. The number of carbonyl (C=O) groups excluding carboxylic acids is 1. The zero-order valence-electron chi connectivity index (χ0n) is 16.2. The van der Waals surface area contributed by atoms with Crippen LogP contribution in [-0.4, -0.2) is 27.7 Å². The smallest absolute Gasteiger partial charge is 0.261 e. The normalized spacial score (nSPS) is 11.0. The molecule has 2 N–H and O–H groups in total. The van der Waals surface area contributed by atoms with Gasteiger partial charge in [-0.2, -0.15) is 0 Å². The zero-order valence-corrected chi connectivity index (χ0v) is 18.6. The lowest BCUT2D eigenvalue weighted by atomic mass is 10.2. The molecule has 1 amide bonds. The first kappa shape index (κ1) is 22.0. The second-order valence-electron chi connectivity index (χ2n) is 6.16. The van der Waals surface area contributed by atoms with Gasteiger partial charge in [-0.25, -0.2) is 8.42 Å². The average molecular weight is 463 g/mol. The highest BCUT2D eigenvalue weighted by atomic mass is 35.5. The van der Waals surface area contributed by atoms with Gasteiger partial charge in [0.05, 0.1) is 17.7 Å². The third-order valence-electron chi connectivity index (χ3n) is 4.14. The van der Waals surface area contributed by atoms with Crippen molar-refractivity contribution in [1.29, 1.82) is 0 Å². The van der Waals surface area contributed by atoms with E-state index in [-0.39, 0.29) is 10.6 Å². The van der Waals surface area contributed by atoms with Crippen molar-refractivity contribution in [3.05, 3.63) is 77.3 Å². The second kappa shape index (κ2) is 9.42. The van der Waals surface area contributed by atoms with Crippen LogP contribution in [0.25, 0.3) is 0 Å². The molecule has 6 nitrogen and oxygen atoms in total. The number of nitrogens with one attached hydrogen (secondary N) is 2. The van der Waals surface area contributed by atoms with Gasteiger partial charge in [0.1, 0.15) is 5.75 Å². The molecule has 0 bridgehead atoms. The van der Waals surface area contributed by atoms with Crippen LogP contribution in [0.5, 0.6) is 5.75 Å². The number of thioether (sulfide) groups is 1. The van der Waals surface area contributed by atoms with E-state index in [0.29, 0.717) is 22.0 Å². The molecule has 0 unspecified atom stereocenters. The van der Waals surface area contributed by atoms with Gasteiger partial charge in [0, 0.05) is 21.2 Å². The molecule has 156 valence electrons. The largest absolute Gasteiger partial charge is 0.495 e. The molecule has 0 aliphatic rings. The molecule has 0 saturated carbocycles. The summed E-state index contributed by atoms with van der Waals surface area (Å²) in [6, 6.07) is 17.8. The summed E-state index contributed by atoms with van der Waals surface area (Å²) in [4.78, 5) is 13.5. The lowest BCUT2D eigenvalue weighted by molar-refractivity contribution is 0.102. The minimum absolute atomic E-state index is 0.0146. The molecule has 30 heavy (non-hydrogen) atoms. The number of anilines is 2. The lowest BCUT2D eigenvalue weighted by Crippen LogP contribution is -2.16. The van der Waals surface area contributed by atoms with Crippen molar-refractivity contribution in [3.8, 4) is 5.75 Å². The van der Waals surface area contributed by atoms with Crippen molar-refractivity contribution in [2.75, 3.05) is 23.4 Å². The molecule has 0 radical (unpaired) electrons. The molecule has 0 atom stereocenters. The van der Waals surface area contributed by atoms with E-state index in [4.69, 9.17) is 16.3 Å². The number of methoxy groups -OCH3 is 1. The van der Waals surface area contributed by atoms with Gasteiger partial charge in [-0.05, 0) is 60.9 Å². The maximum Gasteiger partial charge on any atom is 0.261 e. The summed E-state index contributed by atoms with van der Waals surface area (Å²) >= 11 is 7.45. The lowest BCUT2D eigenvalue weighted by Gasteiger charge is -2.14. The molecule has 0 aromatic heterocycles. The van der Waals surface area contributed by atoms with Gasteiger partial charge >= 0.3 is 0 Å². The molecule has 0 fully saturated rings. The minimum Gasteiger partial charge on any atom is -0.495 e. The maximum atomic E-state index is 12.9. The maximum absolute atomic E-state index is 12.9. The van der Waals surface area contributed by atoms with E-state index in [9.17, 15) is 13.2 Å². The summed E-state index contributed by atoms with van der Waals surface area (Å²) in [5.74, 6) is -0.111. The van der Waals surface area contributed by atoms with Crippen LogP contribution in [0.3, 0.4) is 0 Å². The number of benzene rings is 3. The predicted molar refractivity (Wildman–Crippen MR) is 121 cm³/mol. The van der Waals surface area contributed by atoms with E-state index in [2.05, 4.69) is 10.0 Å². The van der Waals surface area contributed by atoms with Gasteiger partial charge in [-0.1, -0.05) is 23.7 Å². The van der Waals surface area contributed by atoms with Crippen LogP contribution in [0.4, 0.5) is 11.4 Å². The van der Waals surface area contributed by atoms with Crippen molar-refractivity contribution in [3.63, 3.8) is 0 Å². The number of sulfonamides is 1. The number of carbonyl (C=O) groups is 1. The van der Waals surface area contributed by atoms with E-state index in [1.165, 1.54) is 43.1 Å². The Hall–Kier alpha value is -2.68. The monoisotopic (exact) mass is 462 g/mol. The average Bonchev–Trinajstić information content (AvgIpc) is 2.73. The second-order valence-corrected chi connectivity index (χ2v) is 9.16. The molecule has 0 heterocycles. The number of hydrogen-bond acceptors (Lipinski definition) is 5. The Morgan fingerprint density at radius 1 is 1.03 bits per heavy atom. The van der Waals surface area contributed by atoms with E-state index >= 15 is 0 Å². The van der Waals surface area contributed by atoms with Crippen molar-refractivity contribution in [1.82, 2.24) is 0 Å². The SMILES string of the molecule is COc1ccc(S(=O)(=O)Nc2cccc(SC)c2)cc1NC(=O)c1cccc(Cl)c1. The molecule has 3 aromatic rings. The molecule has 3 aromatic carbocycles. The van der Waals surface area contributed by atoms with Crippen LogP contribution in [0, 0.1) is 0 Å². The first-order chi connectivity index (χ1) is 14.3. The van der Waals surface area contributed by atoms with E-state index in [0.717, 1.165) is 4.90 Å². The molecular formula is C21H19ClN2O4S2. The van der Waals surface area contributed by atoms with Gasteiger partial charge in [-0.15, -0.1) is 11.8 Å². The Morgan fingerprint density at radius 3 is 2.50 bits per heavy atom. The summed E-state index contributed by atoms with van der Waals surface area (Å²) < 4.78 is 33.5. The number of amides is 1. The molecule has 0 saturated heterocycles. The highest BCUT2D eigenvalue weighted by Crippen LogP contribution is 2.29. The quantitative estimate of drug-likeness (QED) is 0.476. The Kier molecular flexibility index (Phi) is 6.91. The topological polar surface area (TPSA) is 84.5 Å². The Balaban J connectivity index is 1.90. The molecule has 0 aliphatic heterocycles. The molecule has 0 spiro atoms. The van der Waals surface area contributed by atoms with Gasteiger partial charge < -0.3 is 10.1 Å². The fourth-order valence-corrected chi connectivity index (χ4v) is 4.40. The van der Waals surface area contributed by atoms with Crippen molar-refractivity contribution in [2.45, 2.75) is 9.79 Å². The first-order valence-electron chi connectivity index (χ1n) is 8.74. The van der Waals surface area contributed by atoms with Crippen molar-refractivity contribution >= 4 is 50.7 Å². The van der Waals surface area contributed by atoms with Crippen LogP contribution < -0.4 is 14.8 Å². The Bertz CT molecular complexity index is 1180.